The lowest BCUT2D eigenvalue weighted by Gasteiger charge is -2.22. The van der Waals surface area contributed by atoms with Crippen LogP contribution in [-0.2, 0) is 6.54 Å². The fourth-order valence-electron chi connectivity index (χ4n) is 1.30. The van der Waals surface area contributed by atoms with Crippen molar-refractivity contribution in [3.8, 4) is 0 Å². The van der Waals surface area contributed by atoms with Crippen LogP contribution in [0, 0.1) is 6.92 Å². The van der Waals surface area contributed by atoms with E-state index in [0.717, 1.165) is 16.7 Å². The summed E-state index contributed by atoms with van der Waals surface area (Å²) in [4.78, 5) is 12.9. The van der Waals surface area contributed by atoms with Gasteiger partial charge in [-0.2, -0.15) is 0 Å². The highest BCUT2D eigenvalue weighted by Gasteiger charge is 2.04. The van der Waals surface area contributed by atoms with Gasteiger partial charge in [0.25, 0.3) is 0 Å². The van der Waals surface area contributed by atoms with E-state index in [2.05, 4.69) is 15.4 Å². The molecule has 0 saturated carbocycles. The standard InChI is InChI=1S/C10H18N4S/c1-8-7-15-9(12-8)6-11-10(13(2)3)14(4)5/h7H,6H2,1-5H3. The molecule has 0 aliphatic rings. The van der Waals surface area contributed by atoms with Crippen LogP contribution in [0.4, 0.5) is 0 Å². The fraction of sp³-hybridized carbons (Fsp3) is 0.600. The summed E-state index contributed by atoms with van der Waals surface area (Å²) in [6.45, 7) is 2.66. The first-order valence-corrected chi connectivity index (χ1v) is 5.68. The van der Waals surface area contributed by atoms with Gasteiger partial charge in [0.05, 0.1) is 6.54 Å². The molecule has 1 heterocycles. The number of hydrogen-bond acceptors (Lipinski definition) is 3. The quantitative estimate of drug-likeness (QED) is 0.565. The van der Waals surface area contributed by atoms with Crippen molar-refractivity contribution in [3.63, 3.8) is 0 Å². The third kappa shape index (κ3) is 3.51. The Bertz CT molecular complexity index is 331. The molecule has 0 radical (unpaired) electrons. The lowest BCUT2D eigenvalue weighted by atomic mass is 10.6. The minimum Gasteiger partial charge on any atom is -0.349 e. The molecule has 84 valence electrons. The summed E-state index contributed by atoms with van der Waals surface area (Å²) >= 11 is 1.66. The maximum absolute atomic E-state index is 4.52. The van der Waals surface area contributed by atoms with Gasteiger partial charge in [0.15, 0.2) is 5.96 Å². The van der Waals surface area contributed by atoms with Gasteiger partial charge in [-0.05, 0) is 6.92 Å². The summed E-state index contributed by atoms with van der Waals surface area (Å²) < 4.78 is 0. The van der Waals surface area contributed by atoms with Crippen LogP contribution in [0.1, 0.15) is 10.7 Å². The summed E-state index contributed by atoms with van der Waals surface area (Å²) in [6, 6.07) is 0. The highest BCUT2D eigenvalue weighted by Crippen LogP contribution is 2.09. The zero-order chi connectivity index (χ0) is 11.4. The summed E-state index contributed by atoms with van der Waals surface area (Å²) in [5, 5.41) is 3.12. The van der Waals surface area contributed by atoms with Gasteiger partial charge in [-0.1, -0.05) is 0 Å². The minimum absolute atomic E-state index is 0.657. The van der Waals surface area contributed by atoms with E-state index < -0.39 is 0 Å². The van der Waals surface area contributed by atoms with Crippen LogP contribution in [0.15, 0.2) is 10.4 Å². The van der Waals surface area contributed by atoms with E-state index in [1.807, 2.05) is 44.9 Å². The van der Waals surface area contributed by atoms with Gasteiger partial charge in [0.2, 0.25) is 0 Å². The van der Waals surface area contributed by atoms with Crippen LogP contribution >= 0.6 is 11.3 Å². The van der Waals surface area contributed by atoms with Crippen molar-refractivity contribution in [3.05, 3.63) is 16.1 Å². The lowest BCUT2D eigenvalue weighted by molar-refractivity contribution is 0.479. The van der Waals surface area contributed by atoms with Crippen molar-refractivity contribution < 1.29 is 0 Å². The summed E-state index contributed by atoms with van der Waals surface area (Å²) in [5.41, 5.74) is 1.07. The van der Waals surface area contributed by atoms with E-state index in [0.29, 0.717) is 6.54 Å². The molecule has 0 bridgehead atoms. The van der Waals surface area contributed by atoms with Crippen LogP contribution in [0.25, 0.3) is 0 Å². The second-order valence-electron chi connectivity index (χ2n) is 3.79. The number of aromatic nitrogens is 1. The van der Waals surface area contributed by atoms with Gasteiger partial charge in [-0.25, -0.2) is 9.98 Å². The van der Waals surface area contributed by atoms with E-state index in [4.69, 9.17) is 0 Å². The van der Waals surface area contributed by atoms with Gasteiger partial charge in [-0.3, -0.25) is 0 Å². The van der Waals surface area contributed by atoms with E-state index in [-0.39, 0.29) is 0 Å². The largest absolute Gasteiger partial charge is 0.349 e. The van der Waals surface area contributed by atoms with E-state index in [1.165, 1.54) is 0 Å². The summed E-state index contributed by atoms with van der Waals surface area (Å²) in [7, 11) is 7.97. The number of aliphatic imine (C=N–C) groups is 1. The van der Waals surface area contributed by atoms with Crippen LogP contribution in [0.3, 0.4) is 0 Å². The molecule has 0 amide bonds. The van der Waals surface area contributed by atoms with Crippen LogP contribution in [0.5, 0.6) is 0 Å². The Hall–Kier alpha value is -1.10. The van der Waals surface area contributed by atoms with Crippen molar-refractivity contribution in [2.45, 2.75) is 13.5 Å². The molecule has 0 saturated heterocycles. The first-order chi connectivity index (χ1) is 7.00. The Morgan fingerprint density at radius 2 is 1.93 bits per heavy atom. The molecular formula is C10H18N4S. The predicted octanol–water partition coefficient (Wildman–Crippen LogP) is 1.43. The topological polar surface area (TPSA) is 31.7 Å². The predicted molar refractivity (Wildman–Crippen MR) is 65.4 cm³/mol. The van der Waals surface area contributed by atoms with Crippen molar-refractivity contribution >= 4 is 17.3 Å². The highest BCUT2D eigenvalue weighted by molar-refractivity contribution is 7.09. The summed E-state index contributed by atoms with van der Waals surface area (Å²) in [5.74, 6) is 0.961. The maximum Gasteiger partial charge on any atom is 0.195 e. The zero-order valence-electron chi connectivity index (χ0n) is 9.98. The molecule has 4 nitrogen and oxygen atoms in total. The molecule has 0 spiro atoms. The molecule has 0 aliphatic heterocycles. The third-order valence-electron chi connectivity index (χ3n) is 1.82. The second kappa shape index (κ2) is 5.11. The second-order valence-corrected chi connectivity index (χ2v) is 4.73. The number of guanidine groups is 1. The van der Waals surface area contributed by atoms with E-state index >= 15 is 0 Å². The van der Waals surface area contributed by atoms with E-state index in [9.17, 15) is 0 Å². The molecule has 0 unspecified atom stereocenters. The Labute approximate surface area is 95.3 Å². The Balaban J connectivity index is 2.69. The molecule has 0 aliphatic carbocycles. The normalized spacial score (nSPS) is 9.93. The lowest BCUT2D eigenvalue weighted by Crippen LogP contribution is -2.35. The van der Waals surface area contributed by atoms with Gasteiger partial charge in [-0.15, -0.1) is 11.3 Å². The van der Waals surface area contributed by atoms with Crippen LogP contribution in [0.2, 0.25) is 0 Å². The summed E-state index contributed by atoms with van der Waals surface area (Å²) in [6.07, 6.45) is 0. The molecule has 1 rings (SSSR count). The number of nitrogens with zero attached hydrogens (tertiary/aromatic N) is 4. The molecule has 0 aromatic carbocycles. The van der Waals surface area contributed by atoms with E-state index in [1.54, 1.807) is 11.3 Å². The van der Waals surface area contributed by atoms with Gasteiger partial charge in [0, 0.05) is 39.3 Å². The Kier molecular flexibility index (Phi) is 4.08. The van der Waals surface area contributed by atoms with Gasteiger partial charge < -0.3 is 9.80 Å². The maximum atomic E-state index is 4.52. The molecule has 0 fully saturated rings. The smallest absolute Gasteiger partial charge is 0.195 e. The monoisotopic (exact) mass is 226 g/mol. The molecule has 0 N–H and O–H groups in total. The molecule has 1 aromatic rings. The van der Waals surface area contributed by atoms with Crippen molar-refractivity contribution in [2.75, 3.05) is 28.2 Å². The molecule has 5 heteroatoms. The Morgan fingerprint density at radius 3 is 2.33 bits per heavy atom. The fourth-order valence-corrected chi connectivity index (χ4v) is 1.99. The third-order valence-corrected chi connectivity index (χ3v) is 2.77. The van der Waals surface area contributed by atoms with Crippen molar-refractivity contribution in [2.24, 2.45) is 4.99 Å². The first-order valence-electron chi connectivity index (χ1n) is 4.81. The molecular weight excluding hydrogens is 208 g/mol. The number of thiazole rings is 1. The minimum atomic E-state index is 0.657. The van der Waals surface area contributed by atoms with Gasteiger partial charge >= 0.3 is 0 Å². The number of hydrogen-bond donors (Lipinski definition) is 0. The van der Waals surface area contributed by atoms with Crippen LogP contribution < -0.4 is 0 Å². The van der Waals surface area contributed by atoms with Crippen molar-refractivity contribution in [1.29, 1.82) is 0 Å². The highest BCUT2D eigenvalue weighted by atomic mass is 32.1. The number of rotatable bonds is 2. The molecule has 0 atom stereocenters. The van der Waals surface area contributed by atoms with Crippen LogP contribution in [-0.4, -0.2) is 48.9 Å². The molecule has 15 heavy (non-hydrogen) atoms. The van der Waals surface area contributed by atoms with Crippen molar-refractivity contribution in [1.82, 2.24) is 14.8 Å². The SMILES string of the molecule is Cc1csc(CN=C(N(C)C)N(C)C)n1. The Morgan fingerprint density at radius 1 is 1.33 bits per heavy atom. The zero-order valence-corrected chi connectivity index (χ0v) is 10.8. The van der Waals surface area contributed by atoms with Gasteiger partial charge in [0.1, 0.15) is 5.01 Å². The average Bonchev–Trinajstić information content (AvgIpc) is 2.50. The number of aryl methyl sites for hydroxylation is 1. The molecule has 1 aromatic heterocycles. The average molecular weight is 226 g/mol. The first kappa shape index (κ1) is 12.0.